The molecule has 0 atom stereocenters. The van der Waals surface area contributed by atoms with E-state index in [1.807, 2.05) is 6.07 Å². The average Bonchev–Trinajstić information content (AvgIpc) is 2.92. The number of pyridine rings is 1. The van der Waals surface area contributed by atoms with Crippen molar-refractivity contribution in [1.29, 1.82) is 0 Å². The van der Waals surface area contributed by atoms with E-state index < -0.39 is 5.97 Å². The number of hydrogen-bond acceptors (Lipinski definition) is 5. The number of rotatable bonds is 4. The molecule has 1 aromatic rings. The van der Waals surface area contributed by atoms with Crippen LogP contribution in [0.4, 0.5) is 5.69 Å². The standard InChI is InChI=1S/C13H18N2O3/c1-2-18-13(17)12-8-11(7-10(9-16)14-12)15-5-3-4-6-15/h7-8,16H,2-6,9H2,1H3. The molecule has 1 aromatic heterocycles. The van der Waals surface area contributed by atoms with Gasteiger partial charge in [-0.25, -0.2) is 9.78 Å². The first kappa shape index (κ1) is 12.8. The fourth-order valence-electron chi connectivity index (χ4n) is 2.12. The predicted octanol–water partition coefficient (Wildman–Crippen LogP) is 1.35. The maximum atomic E-state index is 11.7. The summed E-state index contributed by atoms with van der Waals surface area (Å²) in [5, 5.41) is 9.21. The fourth-order valence-corrected chi connectivity index (χ4v) is 2.12. The van der Waals surface area contributed by atoms with E-state index >= 15 is 0 Å². The summed E-state index contributed by atoms with van der Waals surface area (Å²) in [7, 11) is 0. The molecule has 0 aliphatic carbocycles. The lowest BCUT2D eigenvalue weighted by molar-refractivity contribution is 0.0519. The molecule has 0 spiro atoms. The number of esters is 1. The van der Waals surface area contributed by atoms with E-state index in [9.17, 15) is 9.90 Å². The largest absolute Gasteiger partial charge is 0.461 e. The van der Waals surface area contributed by atoms with Gasteiger partial charge in [0.05, 0.1) is 18.9 Å². The highest BCUT2D eigenvalue weighted by molar-refractivity contribution is 5.88. The number of hydrogen-bond donors (Lipinski definition) is 1. The Morgan fingerprint density at radius 1 is 1.44 bits per heavy atom. The lowest BCUT2D eigenvalue weighted by atomic mass is 10.2. The van der Waals surface area contributed by atoms with Crippen LogP contribution >= 0.6 is 0 Å². The van der Waals surface area contributed by atoms with Crippen LogP contribution in [0.3, 0.4) is 0 Å². The van der Waals surface area contributed by atoms with Crippen LogP contribution < -0.4 is 4.90 Å². The van der Waals surface area contributed by atoms with Crippen LogP contribution in [-0.2, 0) is 11.3 Å². The van der Waals surface area contributed by atoms with Gasteiger partial charge in [-0.1, -0.05) is 0 Å². The zero-order chi connectivity index (χ0) is 13.0. The minimum atomic E-state index is -0.437. The SMILES string of the molecule is CCOC(=O)c1cc(N2CCCC2)cc(CO)n1. The zero-order valence-corrected chi connectivity index (χ0v) is 10.6. The average molecular weight is 250 g/mol. The third kappa shape index (κ3) is 2.79. The second-order valence-electron chi connectivity index (χ2n) is 4.27. The van der Waals surface area contributed by atoms with Gasteiger partial charge in [0, 0.05) is 18.8 Å². The summed E-state index contributed by atoms with van der Waals surface area (Å²) < 4.78 is 4.94. The van der Waals surface area contributed by atoms with Crippen molar-refractivity contribution in [2.45, 2.75) is 26.4 Å². The van der Waals surface area contributed by atoms with Gasteiger partial charge in [0.25, 0.3) is 0 Å². The summed E-state index contributed by atoms with van der Waals surface area (Å²) in [5.74, 6) is -0.437. The molecule has 0 bridgehead atoms. The highest BCUT2D eigenvalue weighted by Gasteiger charge is 2.17. The summed E-state index contributed by atoms with van der Waals surface area (Å²) >= 11 is 0. The molecule has 0 unspecified atom stereocenters. The number of nitrogens with zero attached hydrogens (tertiary/aromatic N) is 2. The van der Waals surface area contributed by atoms with Crippen LogP contribution in [-0.4, -0.2) is 35.8 Å². The van der Waals surface area contributed by atoms with E-state index in [1.54, 1.807) is 13.0 Å². The van der Waals surface area contributed by atoms with Gasteiger partial charge in [0.15, 0.2) is 5.69 Å². The third-order valence-electron chi connectivity index (χ3n) is 2.98. The van der Waals surface area contributed by atoms with E-state index in [1.165, 1.54) is 0 Å². The Hall–Kier alpha value is -1.62. The van der Waals surface area contributed by atoms with Crippen molar-refractivity contribution in [3.8, 4) is 0 Å². The number of aromatic nitrogens is 1. The number of carbonyl (C=O) groups excluding carboxylic acids is 1. The molecule has 1 aliphatic heterocycles. The Morgan fingerprint density at radius 3 is 2.78 bits per heavy atom. The third-order valence-corrected chi connectivity index (χ3v) is 2.98. The first-order valence-electron chi connectivity index (χ1n) is 6.28. The molecule has 2 rings (SSSR count). The van der Waals surface area contributed by atoms with Gasteiger partial charge in [-0.3, -0.25) is 0 Å². The Kier molecular flexibility index (Phi) is 4.15. The number of aliphatic hydroxyl groups excluding tert-OH is 1. The summed E-state index contributed by atoms with van der Waals surface area (Å²) in [6.07, 6.45) is 2.32. The van der Waals surface area contributed by atoms with Crippen molar-refractivity contribution in [2.75, 3.05) is 24.6 Å². The van der Waals surface area contributed by atoms with Gasteiger partial charge < -0.3 is 14.7 Å². The molecule has 0 saturated carbocycles. The number of aliphatic hydroxyl groups is 1. The van der Waals surface area contributed by atoms with Crippen molar-refractivity contribution in [3.05, 3.63) is 23.5 Å². The second kappa shape index (κ2) is 5.82. The van der Waals surface area contributed by atoms with Crippen LogP contribution in [0.25, 0.3) is 0 Å². The molecule has 0 radical (unpaired) electrons. The smallest absolute Gasteiger partial charge is 0.356 e. The Morgan fingerprint density at radius 2 is 2.17 bits per heavy atom. The minimum absolute atomic E-state index is 0.173. The second-order valence-corrected chi connectivity index (χ2v) is 4.27. The number of ether oxygens (including phenoxy) is 1. The van der Waals surface area contributed by atoms with E-state index in [2.05, 4.69) is 9.88 Å². The summed E-state index contributed by atoms with van der Waals surface area (Å²) in [6, 6.07) is 3.57. The molecular weight excluding hydrogens is 232 g/mol. The highest BCUT2D eigenvalue weighted by Crippen LogP contribution is 2.22. The maximum absolute atomic E-state index is 11.7. The predicted molar refractivity (Wildman–Crippen MR) is 67.6 cm³/mol. The topological polar surface area (TPSA) is 62.7 Å². The van der Waals surface area contributed by atoms with Gasteiger partial charge in [0.2, 0.25) is 0 Å². The molecule has 5 nitrogen and oxygen atoms in total. The normalized spacial score (nSPS) is 14.9. The summed E-state index contributed by atoms with van der Waals surface area (Å²) in [4.78, 5) is 18.0. The highest BCUT2D eigenvalue weighted by atomic mass is 16.5. The van der Waals surface area contributed by atoms with Gasteiger partial charge in [-0.2, -0.15) is 0 Å². The molecule has 18 heavy (non-hydrogen) atoms. The number of anilines is 1. The van der Waals surface area contributed by atoms with Crippen molar-refractivity contribution in [2.24, 2.45) is 0 Å². The molecule has 98 valence electrons. The number of carbonyl (C=O) groups is 1. The van der Waals surface area contributed by atoms with Crippen LogP contribution in [0.2, 0.25) is 0 Å². The van der Waals surface area contributed by atoms with Gasteiger partial charge in [-0.05, 0) is 31.9 Å². The monoisotopic (exact) mass is 250 g/mol. The van der Waals surface area contributed by atoms with Gasteiger partial charge >= 0.3 is 5.97 Å². The Balaban J connectivity index is 2.29. The van der Waals surface area contributed by atoms with Crippen molar-refractivity contribution < 1.29 is 14.6 Å². The lowest BCUT2D eigenvalue weighted by Gasteiger charge is -2.18. The fraction of sp³-hybridized carbons (Fsp3) is 0.538. The Bertz CT molecular complexity index is 428. The molecule has 1 fully saturated rings. The molecule has 0 amide bonds. The van der Waals surface area contributed by atoms with E-state index in [-0.39, 0.29) is 12.3 Å². The van der Waals surface area contributed by atoms with E-state index in [0.717, 1.165) is 31.6 Å². The summed E-state index contributed by atoms with van der Waals surface area (Å²) in [5.41, 5.74) is 1.71. The maximum Gasteiger partial charge on any atom is 0.356 e. The quantitative estimate of drug-likeness (QED) is 0.817. The molecule has 0 aromatic carbocycles. The first-order chi connectivity index (χ1) is 8.74. The van der Waals surface area contributed by atoms with Crippen molar-refractivity contribution >= 4 is 11.7 Å². The van der Waals surface area contributed by atoms with Crippen LogP contribution in [0.5, 0.6) is 0 Å². The molecule has 1 saturated heterocycles. The van der Waals surface area contributed by atoms with Crippen molar-refractivity contribution in [3.63, 3.8) is 0 Å². The van der Waals surface area contributed by atoms with Crippen LogP contribution in [0.1, 0.15) is 35.9 Å². The van der Waals surface area contributed by atoms with Crippen LogP contribution in [0.15, 0.2) is 12.1 Å². The van der Waals surface area contributed by atoms with Gasteiger partial charge in [0.1, 0.15) is 0 Å². The van der Waals surface area contributed by atoms with Crippen molar-refractivity contribution in [1.82, 2.24) is 4.98 Å². The van der Waals surface area contributed by atoms with E-state index in [0.29, 0.717) is 12.3 Å². The molecule has 1 aliphatic rings. The molecule has 2 heterocycles. The molecule has 1 N–H and O–H groups in total. The Labute approximate surface area is 106 Å². The lowest BCUT2D eigenvalue weighted by Crippen LogP contribution is -2.19. The van der Waals surface area contributed by atoms with E-state index in [4.69, 9.17) is 4.74 Å². The summed E-state index contributed by atoms with van der Waals surface area (Å²) in [6.45, 7) is 3.88. The van der Waals surface area contributed by atoms with Gasteiger partial charge in [-0.15, -0.1) is 0 Å². The zero-order valence-electron chi connectivity index (χ0n) is 10.6. The molecular formula is C13H18N2O3. The minimum Gasteiger partial charge on any atom is -0.461 e. The first-order valence-corrected chi connectivity index (χ1v) is 6.28. The van der Waals surface area contributed by atoms with Crippen LogP contribution in [0, 0.1) is 0 Å². The molecule has 5 heteroatoms.